The molecule has 5 nitrogen and oxygen atoms in total. The van der Waals surface area contributed by atoms with Crippen LogP contribution in [0.4, 0.5) is 0 Å². The molecule has 0 atom stereocenters. The van der Waals surface area contributed by atoms with Gasteiger partial charge in [-0.25, -0.2) is 5.43 Å². The molecule has 3 aromatic rings. The Morgan fingerprint density at radius 3 is 2.80 bits per heavy atom. The molecule has 3 rings (SSSR count). The first kappa shape index (κ1) is 17.6. The van der Waals surface area contributed by atoms with Gasteiger partial charge in [0.2, 0.25) is 0 Å². The topological polar surface area (TPSA) is 70.1 Å². The van der Waals surface area contributed by atoms with E-state index in [4.69, 9.17) is 0 Å². The minimum atomic E-state index is -0.215. The number of carbonyl (C=O) groups is 1. The molecule has 0 aliphatic carbocycles. The summed E-state index contributed by atoms with van der Waals surface area (Å²) in [6, 6.07) is 9.79. The first-order valence-corrected chi connectivity index (χ1v) is 9.43. The SMILES string of the molecule is CC(C)c1cc(C(=O)NN=Cc2cn[nH]c2-c2ccc(Br)cc2)cs1. The van der Waals surface area contributed by atoms with Gasteiger partial charge in [0.05, 0.1) is 23.7 Å². The van der Waals surface area contributed by atoms with Crippen LogP contribution in [0.3, 0.4) is 0 Å². The molecule has 1 aromatic carbocycles. The fraction of sp³-hybridized carbons (Fsp3) is 0.167. The Bertz CT molecular complexity index is 896. The summed E-state index contributed by atoms with van der Waals surface area (Å²) in [6.07, 6.45) is 3.27. The van der Waals surface area contributed by atoms with Gasteiger partial charge in [0.25, 0.3) is 5.91 Å². The van der Waals surface area contributed by atoms with E-state index in [0.717, 1.165) is 21.3 Å². The third-order valence-corrected chi connectivity index (χ3v) is 5.38. The summed E-state index contributed by atoms with van der Waals surface area (Å²) in [6.45, 7) is 4.21. The van der Waals surface area contributed by atoms with E-state index in [-0.39, 0.29) is 5.91 Å². The number of H-pyrrole nitrogens is 1. The highest BCUT2D eigenvalue weighted by atomic mass is 79.9. The molecule has 0 spiro atoms. The fourth-order valence-corrected chi connectivity index (χ4v) is 3.41. The second kappa shape index (κ2) is 7.76. The highest BCUT2D eigenvalue weighted by molar-refractivity contribution is 9.10. The molecule has 1 amide bonds. The summed E-state index contributed by atoms with van der Waals surface area (Å²) in [7, 11) is 0. The minimum absolute atomic E-state index is 0.215. The van der Waals surface area contributed by atoms with E-state index >= 15 is 0 Å². The maximum Gasteiger partial charge on any atom is 0.272 e. The summed E-state index contributed by atoms with van der Waals surface area (Å²) >= 11 is 5.01. The lowest BCUT2D eigenvalue weighted by Crippen LogP contribution is -2.16. The number of hydrazone groups is 1. The second-order valence-corrected chi connectivity index (χ2v) is 7.66. The fourth-order valence-electron chi connectivity index (χ4n) is 2.24. The van der Waals surface area contributed by atoms with Crippen LogP contribution in [0.15, 0.2) is 51.5 Å². The molecule has 7 heteroatoms. The number of thiophene rings is 1. The number of halogens is 1. The number of carbonyl (C=O) groups excluding carboxylic acids is 1. The van der Waals surface area contributed by atoms with E-state index in [1.54, 1.807) is 23.7 Å². The number of aromatic amines is 1. The molecule has 0 aliphatic rings. The van der Waals surface area contributed by atoms with Crippen molar-refractivity contribution in [3.05, 3.63) is 62.4 Å². The average molecular weight is 417 g/mol. The lowest BCUT2D eigenvalue weighted by atomic mass is 10.1. The lowest BCUT2D eigenvalue weighted by Gasteiger charge is -2.00. The molecule has 0 saturated carbocycles. The molecule has 2 heterocycles. The average Bonchev–Trinajstić information content (AvgIpc) is 3.25. The zero-order chi connectivity index (χ0) is 17.8. The second-order valence-electron chi connectivity index (χ2n) is 5.80. The van der Waals surface area contributed by atoms with Gasteiger partial charge in [-0.15, -0.1) is 11.3 Å². The van der Waals surface area contributed by atoms with Gasteiger partial charge in [-0.1, -0.05) is 41.9 Å². The van der Waals surface area contributed by atoms with E-state index in [0.29, 0.717) is 11.5 Å². The molecule has 0 fully saturated rings. The smallest absolute Gasteiger partial charge is 0.272 e. The molecule has 2 aromatic heterocycles. The number of nitrogens with zero attached hydrogens (tertiary/aromatic N) is 2. The molecule has 0 bridgehead atoms. The van der Waals surface area contributed by atoms with Crippen LogP contribution in [0.2, 0.25) is 0 Å². The van der Waals surface area contributed by atoms with Crippen molar-refractivity contribution in [2.45, 2.75) is 19.8 Å². The summed E-state index contributed by atoms with van der Waals surface area (Å²) in [5.74, 6) is 0.197. The van der Waals surface area contributed by atoms with Crippen molar-refractivity contribution in [1.29, 1.82) is 0 Å². The van der Waals surface area contributed by atoms with Crippen molar-refractivity contribution in [2.75, 3.05) is 0 Å². The van der Waals surface area contributed by atoms with Crippen molar-refractivity contribution < 1.29 is 4.79 Å². The van der Waals surface area contributed by atoms with Crippen LogP contribution in [0, 0.1) is 0 Å². The Morgan fingerprint density at radius 2 is 2.12 bits per heavy atom. The first-order valence-electron chi connectivity index (χ1n) is 7.75. The Morgan fingerprint density at radius 1 is 1.36 bits per heavy atom. The largest absolute Gasteiger partial charge is 0.277 e. The number of rotatable bonds is 5. The number of aromatic nitrogens is 2. The van der Waals surface area contributed by atoms with E-state index in [2.05, 4.69) is 50.5 Å². The third kappa shape index (κ3) is 4.24. The van der Waals surface area contributed by atoms with Crippen LogP contribution in [-0.2, 0) is 0 Å². The Labute approximate surface area is 158 Å². The molecule has 128 valence electrons. The Balaban J connectivity index is 1.69. The maximum atomic E-state index is 12.2. The third-order valence-electron chi connectivity index (χ3n) is 3.62. The van der Waals surface area contributed by atoms with E-state index < -0.39 is 0 Å². The predicted octanol–water partition coefficient (Wildman–Crippen LogP) is 4.79. The number of amides is 1. The van der Waals surface area contributed by atoms with Gasteiger partial charge in [-0.2, -0.15) is 10.2 Å². The minimum Gasteiger partial charge on any atom is -0.277 e. The van der Waals surface area contributed by atoms with Gasteiger partial charge < -0.3 is 0 Å². The van der Waals surface area contributed by atoms with Crippen LogP contribution in [0.25, 0.3) is 11.3 Å². The van der Waals surface area contributed by atoms with E-state index in [9.17, 15) is 4.79 Å². The number of benzene rings is 1. The summed E-state index contributed by atoms with van der Waals surface area (Å²) in [4.78, 5) is 13.3. The van der Waals surface area contributed by atoms with Crippen molar-refractivity contribution in [3.8, 4) is 11.3 Å². The molecular weight excluding hydrogens is 400 g/mol. The van der Waals surface area contributed by atoms with E-state index in [1.165, 1.54) is 4.88 Å². The van der Waals surface area contributed by atoms with Gasteiger partial charge in [-0.05, 0) is 24.1 Å². The van der Waals surface area contributed by atoms with Crippen LogP contribution in [-0.4, -0.2) is 22.3 Å². The number of hydrogen-bond donors (Lipinski definition) is 2. The van der Waals surface area contributed by atoms with Gasteiger partial charge in [0.15, 0.2) is 0 Å². The predicted molar refractivity (Wildman–Crippen MR) is 105 cm³/mol. The standard InChI is InChI=1S/C18H17BrN4OS/c1-11(2)16-7-13(10-25-16)18(24)23-21-9-14-8-20-22-17(14)12-3-5-15(19)6-4-12/h3-11H,1-2H3,(H,20,22)(H,23,24). The monoisotopic (exact) mass is 416 g/mol. The molecule has 0 unspecified atom stereocenters. The van der Waals surface area contributed by atoms with Crippen molar-refractivity contribution >= 4 is 39.4 Å². The Kier molecular flexibility index (Phi) is 5.45. The van der Waals surface area contributed by atoms with Crippen LogP contribution in [0.5, 0.6) is 0 Å². The summed E-state index contributed by atoms with van der Waals surface area (Å²) in [5.41, 5.74) is 5.84. The molecule has 2 N–H and O–H groups in total. The van der Waals surface area contributed by atoms with Crippen molar-refractivity contribution in [2.24, 2.45) is 5.10 Å². The van der Waals surface area contributed by atoms with Gasteiger partial charge in [-0.3, -0.25) is 9.89 Å². The highest BCUT2D eigenvalue weighted by Gasteiger charge is 2.10. The quantitative estimate of drug-likeness (QED) is 0.463. The normalized spacial score (nSPS) is 11.4. The highest BCUT2D eigenvalue weighted by Crippen LogP contribution is 2.23. The zero-order valence-electron chi connectivity index (χ0n) is 13.8. The van der Waals surface area contributed by atoms with Crippen LogP contribution >= 0.6 is 27.3 Å². The van der Waals surface area contributed by atoms with Gasteiger partial charge in [0, 0.05) is 25.9 Å². The lowest BCUT2D eigenvalue weighted by molar-refractivity contribution is 0.0955. The van der Waals surface area contributed by atoms with Gasteiger partial charge in [0.1, 0.15) is 0 Å². The van der Waals surface area contributed by atoms with E-state index in [1.807, 2.05) is 35.7 Å². The van der Waals surface area contributed by atoms with Crippen molar-refractivity contribution in [1.82, 2.24) is 15.6 Å². The number of nitrogens with one attached hydrogen (secondary N) is 2. The molecule has 25 heavy (non-hydrogen) atoms. The molecule has 0 aliphatic heterocycles. The molecule has 0 saturated heterocycles. The van der Waals surface area contributed by atoms with Gasteiger partial charge >= 0.3 is 0 Å². The first-order chi connectivity index (χ1) is 12.0. The maximum absolute atomic E-state index is 12.2. The zero-order valence-corrected chi connectivity index (χ0v) is 16.2. The summed E-state index contributed by atoms with van der Waals surface area (Å²) < 4.78 is 1.01. The number of hydrogen-bond acceptors (Lipinski definition) is 4. The molecule has 0 radical (unpaired) electrons. The van der Waals surface area contributed by atoms with Crippen molar-refractivity contribution in [3.63, 3.8) is 0 Å². The molecular formula is C18H17BrN4OS. The van der Waals surface area contributed by atoms with Crippen LogP contribution < -0.4 is 5.43 Å². The summed E-state index contributed by atoms with van der Waals surface area (Å²) in [5, 5.41) is 12.9. The Hall–Kier alpha value is -2.25. The van der Waals surface area contributed by atoms with Crippen LogP contribution in [0.1, 0.15) is 40.6 Å².